The van der Waals surface area contributed by atoms with Gasteiger partial charge in [0, 0.05) is 18.0 Å². The third kappa shape index (κ3) is 2.11. The highest BCUT2D eigenvalue weighted by atomic mass is 16.5. The van der Waals surface area contributed by atoms with E-state index in [1.54, 1.807) is 32.4 Å². The van der Waals surface area contributed by atoms with Gasteiger partial charge in [-0.25, -0.2) is 4.98 Å². The number of hydrogen-bond acceptors (Lipinski definition) is 4. The van der Waals surface area contributed by atoms with Crippen LogP contribution in [0.3, 0.4) is 0 Å². The molecule has 2 rings (SSSR count). The van der Waals surface area contributed by atoms with Crippen molar-refractivity contribution in [3.8, 4) is 11.3 Å². The van der Waals surface area contributed by atoms with E-state index in [2.05, 4.69) is 15.0 Å². The molecular formula is C13H15N3O2. The molecule has 0 unspecified atom stereocenters. The normalized spacial score (nSPS) is 11.3. The van der Waals surface area contributed by atoms with E-state index >= 15 is 0 Å². The summed E-state index contributed by atoms with van der Waals surface area (Å²) in [7, 11) is 1.37. The highest BCUT2D eigenvalue weighted by molar-refractivity contribution is 5.81. The van der Waals surface area contributed by atoms with Crippen molar-refractivity contribution in [2.24, 2.45) is 0 Å². The second-order valence-electron chi connectivity index (χ2n) is 4.50. The molecule has 5 heteroatoms. The largest absolute Gasteiger partial charge is 0.468 e. The van der Waals surface area contributed by atoms with Crippen LogP contribution in [0.25, 0.3) is 11.3 Å². The summed E-state index contributed by atoms with van der Waals surface area (Å²) in [4.78, 5) is 23.0. The summed E-state index contributed by atoms with van der Waals surface area (Å²) in [5.74, 6) is 0.263. The Morgan fingerprint density at radius 2 is 2.00 bits per heavy atom. The van der Waals surface area contributed by atoms with Crippen molar-refractivity contribution in [3.63, 3.8) is 0 Å². The van der Waals surface area contributed by atoms with E-state index in [9.17, 15) is 4.79 Å². The molecule has 5 nitrogen and oxygen atoms in total. The average Bonchev–Trinajstić information content (AvgIpc) is 2.89. The zero-order valence-electron chi connectivity index (χ0n) is 10.6. The Kier molecular flexibility index (Phi) is 3.14. The number of nitrogens with zero attached hydrogens (tertiary/aromatic N) is 2. The highest BCUT2D eigenvalue weighted by Gasteiger charge is 2.34. The molecule has 2 aromatic rings. The molecule has 0 saturated carbocycles. The molecule has 94 valence electrons. The summed E-state index contributed by atoms with van der Waals surface area (Å²) in [5.41, 5.74) is 1.04. The Hall–Kier alpha value is -2.17. The number of aromatic nitrogens is 3. The molecule has 0 spiro atoms. The summed E-state index contributed by atoms with van der Waals surface area (Å²) in [6.07, 6.45) is 5.12. The molecule has 0 aliphatic rings. The molecule has 0 atom stereocenters. The minimum absolute atomic E-state index is 0.321. The summed E-state index contributed by atoms with van der Waals surface area (Å²) in [6.45, 7) is 3.54. The van der Waals surface area contributed by atoms with Crippen LogP contribution in [0.2, 0.25) is 0 Å². The van der Waals surface area contributed by atoms with Gasteiger partial charge >= 0.3 is 5.97 Å². The first-order valence-corrected chi connectivity index (χ1v) is 5.60. The minimum Gasteiger partial charge on any atom is -0.468 e. The van der Waals surface area contributed by atoms with E-state index in [4.69, 9.17) is 4.74 Å². The molecular weight excluding hydrogens is 230 g/mol. The van der Waals surface area contributed by atoms with Gasteiger partial charge in [0.05, 0.1) is 19.0 Å². The summed E-state index contributed by atoms with van der Waals surface area (Å²) in [6, 6.07) is 3.75. The highest BCUT2D eigenvalue weighted by Crippen LogP contribution is 2.24. The average molecular weight is 245 g/mol. The van der Waals surface area contributed by atoms with Gasteiger partial charge in [0.25, 0.3) is 0 Å². The number of imidazole rings is 1. The van der Waals surface area contributed by atoms with Crippen molar-refractivity contribution < 1.29 is 9.53 Å². The molecule has 0 aromatic carbocycles. The Balaban J connectivity index is 2.34. The van der Waals surface area contributed by atoms with Crippen LogP contribution in [0.15, 0.2) is 30.7 Å². The van der Waals surface area contributed by atoms with Gasteiger partial charge < -0.3 is 9.72 Å². The minimum atomic E-state index is -0.792. The van der Waals surface area contributed by atoms with E-state index in [1.807, 2.05) is 12.1 Å². The number of ether oxygens (including phenoxy) is 1. The second-order valence-corrected chi connectivity index (χ2v) is 4.50. The van der Waals surface area contributed by atoms with Crippen LogP contribution in [-0.2, 0) is 14.9 Å². The maximum atomic E-state index is 11.7. The van der Waals surface area contributed by atoms with Crippen molar-refractivity contribution in [2.45, 2.75) is 19.3 Å². The number of carbonyl (C=O) groups excluding carboxylic acids is 1. The lowest BCUT2D eigenvalue weighted by molar-refractivity contribution is -0.146. The zero-order chi connectivity index (χ0) is 13.2. The Morgan fingerprint density at radius 1 is 1.33 bits per heavy atom. The number of methoxy groups -OCH3 is 1. The van der Waals surface area contributed by atoms with Crippen molar-refractivity contribution in [1.29, 1.82) is 0 Å². The van der Waals surface area contributed by atoms with Gasteiger partial charge in [0.15, 0.2) is 0 Å². The van der Waals surface area contributed by atoms with Gasteiger partial charge in [-0.2, -0.15) is 0 Å². The van der Waals surface area contributed by atoms with E-state index in [-0.39, 0.29) is 5.97 Å². The van der Waals surface area contributed by atoms with Crippen LogP contribution in [0.1, 0.15) is 19.7 Å². The van der Waals surface area contributed by atoms with E-state index < -0.39 is 5.41 Å². The van der Waals surface area contributed by atoms with Gasteiger partial charge in [-0.15, -0.1) is 0 Å². The SMILES string of the molecule is COC(=O)C(C)(C)c1ncc(-c2ccncc2)[nH]1. The molecule has 18 heavy (non-hydrogen) atoms. The lowest BCUT2D eigenvalue weighted by Gasteiger charge is -2.18. The standard InChI is InChI=1S/C13H15N3O2/c1-13(2,12(17)18-3)11-15-8-10(16-11)9-4-6-14-7-5-9/h4-8H,1-3H3,(H,15,16). The first-order chi connectivity index (χ1) is 8.55. The lowest BCUT2D eigenvalue weighted by Crippen LogP contribution is -2.31. The molecule has 2 heterocycles. The quantitative estimate of drug-likeness (QED) is 0.839. The number of pyridine rings is 1. The third-order valence-corrected chi connectivity index (χ3v) is 2.85. The smallest absolute Gasteiger partial charge is 0.318 e. The number of esters is 1. The fourth-order valence-corrected chi connectivity index (χ4v) is 1.67. The maximum absolute atomic E-state index is 11.7. The van der Waals surface area contributed by atoms with Crippen LogP contribution >= 0.6 is 0 Å². The van der Waals surface area contributed by atoms with Gasteiger partial charge in [-0.05, 0) is 26.0 Å². The topological polar surface area (TPSA) is 67.9 Å². The molecule has 0 fully saturated rings. The monoisotopic (exact) mass is 245 g/mol. The molecule has 2 aromatic heterocycles. The summed E-state index contributed by atoms with van der Waals surface area (Å²) >= 11 is 0. The first kappa shape index (κ1) is 12.3. The predicted octanol–water partition coefficient (Wildman–Crippen LogP) is 1.92. The maximum Gasteiger partial charge on any atom is 0.318 e. The molecule has 0 aliphatic carbocycles. The Morgan fingerprint density at radius 3 is 2.61 bits per heavy atom. The van der Waals surface area contributed by atoms with Gasteiger partial charge in [0.2, 0.25) is 0 Å². The second kappa shape index (κ2) is 4.60. The summed E-state index contributed by atoms with van der Waals surface area (Å²) < 4.78 is 4.78. The Labute approximate surface area is 105 Å². The fraction of sp³-hybridized carbons (Fsp3) is 0.308. The number of aromatic amines is 1. The molecule has 1 N–H and O–H groups in total. The fourth-order valence-electron chi connectivity index (χ4n) is 1.67. The number of rotatable bonds is 3. The number of carbonyl (C=O) groups is 1. The first-order valence-electron chi connectivity index (χ1n) is 5.60. The molecule has 0 saturated heterocycles. The van der Waals surface area contributed by atoms with Crippen LogP contribution in [0, 0.1) is 0 Å². The number of nitrogens with one attached hydrogen (secondary N) is 1. The summed E-state index contributed by atoms with van der Waals surface area (Å²) in [5, 5.41) is 0. The van der Waals surface area contributed by atoms with E-state index in [1.165, 1.54) is 7.11 Å². The van der Waals surface area contributed by atoms with Gasteiger partial charge in [0.1, 0.15) is 11.2 Å². The van der Waals surface area contributed by atoms with E-state index in [0.29, 0.717) is 5.82 Å². The van der Waals surface area contributed by atoms with Gasteiger partial charge in [-0.1, -0.05) is 0 Å². The van der Waals surface area contributed by atoms with Crippen LogP contribution in [0.4, 0.5) is 0 Å². The molecule has 0 aliphatic heterocycles. The van der Waals surface area contributed by atoms with Gasteiger partial charge in [-0.3, -0.25) is 9.78 Å². The van der Waals surface area contributed by atoms with Crippen LogP contribution < -0.4 is 0 Å². The molecule has 0 radical (unpaired) electrons. The van der Waals surface area contributed by atoms with Crippen molar-refractivity contribution >= 4 is 5.97 Å². The predicted molar refractivity (Wildman–Crippen MR) is 66.9 cm³/mol. The lowest BCUT2D eigenvalue weighted by atomic mass is 9.93. The number of hydrogen-bond donors (Lipinski definition) is 1. The third-order valence-electron chi connectivity index (χ3n) is 2.85. The van der Waals surface area contributed by atoms with Crippen molar-refractivity contribution in [2.75, 3.05) is 7.11 Å². The molecule has 0 amide bonds. The van der Waals surface area contributed by atoms with E-state index in [0.717, 1.165) is 11.3 Å². The molecule has 0 bridgehead atoms. The van der Waals surface area contributed by atoms with Crippen molar-refractivity contribution in [3.05, 3.63) is 36.5 Å². The zero-order valence-corrected chi connectivity index (χ0v) is 10.6. The van der Waals surface area contributed by atoms with Crippen LogP contribution in [0.5, 0.6) is 0 Å². The Bertz CT molecular complexity index is 546. The number of H-pyrrole nitrogens is 1. The van der Waals surface area contributed by atoms with Crippen molar-refractivity contribution in [1.82, 2.24) is 15.0 Å². The van der Waals surface area contributed by atoms with Crippen LogP contribution in [-0.4, -0.2) is 28.0 Å².